The zero-order valence-electron chi connectivity index (χ0n) is 6.68. The zero-order valence-corrected chi connectivity index (χ0v) is 7.49. The van der Waals surface area contributed by atoms with Gasteiger partial charge in [0.2, 0.25) is 0 Å². The molecule has 3 heteroatoms. The lowest BCUT2D eigenvalue weighted by molar-refractivity contribution is -0.0172. The molecule has 2 rings (SSSR count). The van der Waals surface area contributed by atoms with Crippen LogP contribution in [0.4, 0.5) is 0 Å². The highest BCUT2D eigenvalue weighted by atomic mass is 32.2. The number of nitrogens with one attached hydrogen (secondary N) is 1. The highest BCUT2D eigenvalue weighted by molar-refractivity contribution is 8.00. The van der Waals surface area contributed by atoms with Gasteiger partial charge in [-0.25, -0.2) is 0 Å². The number of aliphatic hydroxyl groups is 1. The molecule has 0 aromatic rings. The van der Waals surface area contributed by atoms with Gasteiger partial charge >= 0.3 is 0 Å². The molecule has 0 aromatic carbocycles. The first-order chi connectivity index (χ1) is 5.29. The molecule has 0 amide bonds. The molecule has 0 bridgehead atoms. The minimum absolute atomic E-state index is 0.345. The summed E-state index contributed by atoms with van der Waals surface area (Å²) in [5.41, 5.74) is -0.345. The molecule has 2 nitrogen and oxygen atoms in total. The molecule has 11 heavy (non-hydrogen) atoms. The van der Waals surface area contributed by atoms with E-state index in [1.54, 1.807) is 0 Å². The fourth-order valence-corrected chi connectivity index (χ4v) is 3.22. The number of thioether (sulfide) groups is 1. The van der Waals surface area contributed by atoms with Gasteiger partial charge in [-0.1, -0.05) is 0 Å². The molecule has 2 aliphatic heterocycles. The third-order valence-corrected chi connectivity index (χ3v) is 3.94. The normalized spacial score (nSPS) is 35.2. The van der Waals surface area contributed by atoms with Crippen molar-refractivity contribution in [3.63, 3.8) is 0 Å². The number of rotatable bonds is 2. The van der Waals surface area contributed by atoms with Gasteiger partial charge in [-0.15, -0.1) is 0 Å². The van der Waals surface area contributed by atoms with Gasteiger partial charge in [-0.3, -0.25) is 0 Å². The average Bonchev–Trinajstić information content (AvgIpc) is 2.36. The first-order valence-corrected chi connectivity index (χ1v) is 5.38. The van der Waals surface area contributed by atoms with E-state index in [4.69, 9.17) is 0 Å². The van der Waals surface area contributed by atoms with Crippen LogP contribution in [-0.4, -0.2) is 34.8 Å². The van der Waals surface area contributed by atoms with Gasteiger partial charge in [0.1, 0.15) is 0 Å². The standard InChI is InChI=1S/C8H15NOS/c10-8(5-9-6-8)4-7-2-1-3-11-7/h7,9-10H,1-6H2. The zero-order chi connectivity index (χ0) is 7.73. The van der Waals surface area contributed by atoms with Crippen LogP contribution in [0.1, 0.15) is 19.3 Å². The van der Waals surface area contributed by atoms with Gasteiger partial charge in [0, 0.05) is 18.3 Å². The maximum absolute atomic E-state index is 9.79. The summed E-state index contributed by atoms with van der Waals surface area (Å²) in [5, 5.41) is 13.6. The Balaban J connectivity index is 1.79. The van der Waals surface area contributed by atoms with E-state index in [9.17, 15) is 5.11 Å². The topological polar surface area (TPSA) is 32.3 Å². The van der Waals surface area contributed by atoms with Crippen LogP contribution in [0.25, 0.3) is 0 Å². The highest BCUT2D eigenvalue weighted by Crippen LogP contribution is 2.33. The fourth-order valence-electron chi connectivity index (χ4n) is 1.79. The molecule has 2 aliphatic rings. The van der Waals surface area contributed by atoms with E-state index in [1.165, 1.54) is 18.6 Å². The molecule has 1 atom stereocenters. The van der Waals surface area contributed by atoms with Crippen LogP contribution in [-0.2, 0) is 0 Å². The van der Waals surface area contributed by atoms with Crippen molar-refractivity contribution in [1.29, 1.82) is 0 Å². The summed E-state index contributed by atoms with van der Waals surface area (Å²) in [6, 6.07) is 0. The third-order valence-electron chi connectivity index (χ3n) is 2.54. The summed E-state index contributed by atoms with van der Waals surface area (Å²) in [4.78, 5) is 0. The Morgan fingerprint density at radius 2 is 2.36 bits per heavy atom. The second-order valence-electron chi connectivity index (χ2n) is 3.67. The lowest BCUT2D eigenvalue weighted by atomic mass is 9.90. The smallest absolute Gasteiger partial charge is 0.0905 e. The molecular weight excluding hydrogens is 158 g/mol. The summed E-state index contributed by atoms with van der Waals surface area (Å²) in [6.07, 6.45) is 3.66. The summed E-state index contributed by atoms with van der Waals surface area (Å²) in [6.45, 7) is 1.62. The Hall–Kier alpha value is 0.270. The Kier molecular flexibility index (Phi) is 2.12. The van der Waals surface area contributed by atoms with Crippen LogP contribution < -0.4 is 5.32 Å². The summed E-state index contributed by atoms with van der Waals surface area (Å²) in [5.74, 6) is 1.30. The van der Waals surface area contributed by atoms with Crippen LogP contribution in [0.5, 0.6) is 0 Å². The quantitative estimate of drug-likeness (QED) is 0.641. The van der Waals surface area contributed by atoms with Crippen molar-refractivity contribution >= 4 is 11.8 Å². The largest absolute Gasteiger partial charge is 0.387 e. The van der Waals surface area contributed by atoms with E-state index in [-0.39, 0.29) is 5.60 Å². The van der Waals surface area contributed by atoms with Crippen molar-refractivity contribution in [3.8, 4) is 0 Å². The summed E-state index contributed by atoms with van der Waals surface area (Å²) >= 11 is 2.03. The third kappa shape index (κ3) is 1.71. The van der Waals surface area contributed by atoms with E-state index in [0.717, 1.165) is 24.8 Å². The van der Waals surface area contributed by atoms with Crippen LogP contribution in [0.15, 0.2) is 0 Å². The molecule has 0 aliphatic carbocycles. The van der Waals surface area contributed by atoms with Crippen molar-refractivity contribution in [2.75, 3.05) is 18.8 Å². The van der Waals surface area contributed by atoms with Crippen molar-refractivity contribution < 1.29 is 5.11 Å². The van der Waals surface area contributed by atoms with E-state index < -0.39 is 0 Å². The fraction of sp³-hybridized carbons (Fsp3) is 1.00. The molecule has 64 valence electrons. The molecule has 0 radical (unpaired) electrons. The highest BCUT2D eigenvalue weighted by Gasteiger charge is 2.37. The lowest BCUT2D eigenvalue weighted by Gasteiger charge is -2.39. The molecule has 2 heterocycles. The second kappa shape index (κ2) is 2.96. The Morgan fingerprint density at radius 1 is 1.55 bits per heavy atom. The molecule has 2 saturated heterocycles. The average molecular weight is 173 g/mol. The lowest BCUT2D eigenvalue weighted by Crippen LogP contribution is -2.60. The first-order valence-electron chi connectivity index (χ1n) is 4.33. The molecular formula is C8H15NOS. The van der Waals surface area contributed by atoms with Gasteiger partial charge < -0.3 is 10.4 Å². The van der Waals surface area contributed by atoms with Gasteiger partial charge in [0.25, 0.3) is 0 Å². The van der Waals surface area contributed by atoms with Crippen LogP contribution >= 0.6 is 11.8 Å². The van der Waals surface area contributed by atoms with Gasteiger partial charge in [-0.2, -0.15) is 11.8 Å². The van der Waals surface area contributed by atoms with Crippen LogP contribution in [0, 0.1) is 0 Å². The van der Waals surface area contributed by atoms with Crippen molar-refractivity contribution in [2.45, 2.75) is 30.1 Å². The summed E-state index contributed by atoms with van der Waals surface area (Å²) in [7, 11) is 0. The molecule has 0 saturated carbocycles. The minimum atomic E-state index is -0.345. The predicted molar refractivity (Wildman–Crippen MR) is 47.9 cm³/mol. The van der Waals surface area contributed by atoms with Crippen LogP contribution in [0.2, 0.25) is 0 Å². The monoisotopic (exact) mass is 173 g/mol. The maximum atomic E-state index is 9.79. The molecule has 2 N–H and O–H groups in total. The number of β-amino-alcohol motifs (C(OH)–C–C–N with tert-alkyl or cyclic N) is 1. The van der Waals surface area contributed by atoms with Crippen molar-refractivity contribution in [3.05, 3.63) is 0 Å². The minimum Gasteiger partial charge on any atom is -0.387 e. The Bertz CT molecular complexity index is 141. The van der Waals surface area contributed by atoms with Gasteiger partial charge in [-0.05, 0) is 25.0 Å². The Labute approximate surface area is 71.7 Å². The Morgan fingerprint density at radius 3 is 2.82 bits per heavy atom. The van der Waals surface area contributed by atoms with Gasteiger partial charge in [0.15, 0.2) is 0 Å². The van der Waals surface area contributed by atoms with E-state index in [1.807, 2.05) is 11.8 Å². The second-order valence-corrected chi connectivity index (χ2v) is 5.08. The maximum Gasteiger partial charge on any atom is 0.0905 e. The molecule has 2 fully saturated rings. The predicted octanol–water partition coefficient (Wildman–Crippen LogP) is 0.606. The first kappa shape index (κ1) is 7.90. The van der Waals surface area contributed by atoms with Crippen molar-refractivity contribution in [1.82, 2.24) is 5.32 Å². The van der Waals surface area contributed by atoms with E-state index in [2.05, 4.69) is 5.32 Å². The molecule has 1 unspecified atom stereocenters. The van der Waals surface area contributed by atoms with Crippen molar-refractivity contribution in [2.24, 2.45) is 0 Å². The SMILES string of the molecule is OC1(CC2CCCS2)CNC1. The van der Waals surface area contributed by atoms with E-state index >= 15 is 0 Å². The van der Waals surface area contributed by atoms with E-state index in [0.29, 0.717) is 0 Å². The molecule has 0 spiro atoms. The summed E-state index contributed by atoms with van der Waals surface area (Å²) < 4.78 is 0. The molecule has 0 aromatic heterocycles. The van der Waals surface area contributed by atoms with Gasteiger partial charge in [0.05, 0.1) is 5.60 Å². The number of hydrogen-bond acceptors (Lipinski definition) is 3. The van der Waals surface area contributed by atoms with Crippen LogP contribution in [0.3, 0.4) is 0 Å². The number of hydrogen-bond donors (Lipinski definition) is 2.